The molecule has 2 fully saturated rings. The summed E-state index contributed by atoms with van der Waals surface area (Å²) in [5, 5.41) is 13.9. The molecule has 0 spiro atoms. The van der Waals surface area contributed by atoms with Gasteiger partial charge in [0, 0.05) is 43.3 Å². The van der Waals surface area contributed by atoms with Crippen molar-refractivity contribution in [1.29, 1.82) is 0 Å². The lowest BCUT2D eigenvalue weighted by molar-refractivity contribution is 0.0192. The van der Waals surface area contributed by atoms with Crippen molar-refractivity contribution in [3.63, 3.8) is 0 Å². The van der Waals surface area contributed by atoms with E-state index in [4.69, 9.17) is 0 Å². The minimum atomic E-state index is -0.145. The molecule has 7 heteroatoms. The van der Waals surface area contributed by atoms with Crippen molar-refractivity contribution in [2.75, 3.05) is 26.2 Å². The van der Waals surface area contributed by atoms with E-state index < -0.39 is 0 Å². The van der Waals surface area contributed by atoms with Gasteiger partial charge in [-0.15, -0.1) is 0 Å². The Morgan fingerprint density at radius 2 is 2.25 bits per heavy atom. The third-order valence-electron chi connectivity index (χ3n) is 5.00. The number of aliphatic hydroxyl groups excluding tert-OH is 1. The second kappa shape index (κ2) is 6.33. The SMILES string of the molecule is O=C(c1ccnc(-n2cccn2)c1)N1C[C@@H]2CCCN2C[C@@H]1CO. The van der Waals surface area contributed by atoms with Crippen LogP contribution >= 0.6 is 0 Å². The molecule has 1 N–H and O–H groups in total. The molecule has 0 saturated carbocycles. The van der Waals surface area contributed by atoms with Crippen LogP contribution in [0.5, 0.6) is 0 Å². The third kappa shape index (κ3) is 2.70. The first-order valence-electron chi connectivity index (χ1n) is 8.38. The number of carbonyl (C=O) groups excluding carboxylic acids is 1. The van der Waals surface area contributed by atoms with Gasteiger partial charge in [-0.3, -0.25) is 9.69 Å². The fraction of sp³-hybridized carbons (Fsp3) is 0.471. The lowest BCUT2D eigenvalue weighted by Gasteiger charge is -2.43. The third-order valence-corrected chi connectivity index (χ3v) is 5.00. The van der Waals surface area contributed by atoms with Crippen molar-refractivity contribution in [3.05, 3.63) is 42.4 Å². The first-order valence-corrected chi connectivity index (χ1v) is 8.38. The summed E-state index contributed by atoms with van der Waals surface area (Å²) in [7, 11) is 0. The molecule has 0 aliphatic carbocycles. The zero-order valence-electron chi connectivity index (χ0n) is 13.5. The number of fused-ring (bicyclic) bond motifs is 1. The molecule has 126 valence electrons. The molecule has 0 radical (unpaired) electrons. The molecule has 2 aliphatic rings. The summed E-state index contributed by atoms with van der Waals surface area (Å²) in [4.78, 5) is 21.5. The Hall–Kier alpha value is -2.25. The number of piperazine rings is 1. The van der Waals surface area contributed by atoms with Crippen LogP contribution in [0.2, 0.25) is 0 Å². The minimum absolute atomic E-state index is 0.00788. The van der Waals surface area contributed by atoms with Crippen molar-refractivity contribution in [2.45, 2.75) is 24.9 Å². The molecule has 24 heavy (non-hydrogen) atoms. The second-order valence-electron chi connectivity index (χ2n) is 6.44. The van der Waals surface area contributed by atoms with Crippen molar-refractivity contribution in [3.8, 4) is 5.82 Å². The number of amides is 1. The topological polar surface area (TPSA) is 74.5 Å². The smallest absolute Gasteiger partial charge is 0.254 e. The van der Waals surface area contributed by atoms with Gasteiger partial charge in [-0.25, -0.2) is 9.67 Å². The molecule has 1 amide bonds. The highest BCUT2D eigenvalue weighted by Gasteiger charge is 2.38. The lowest BCUT2D eigenvalue weighted by Crippen LogP contribution is -2.59. The largest absolute Gasteiger partial charge is 0.394 e. The molecule has 7 nitrogen and oxygen atoms in total. The Labute approximate surface area is 140 Å². The molecular weight excluding hydrogens is 306 g/mol. The van der Waals surface area contributed by atoms with E-state index in [-0.39, 0.29) is 18.6 Å². The van der Waals surface area contributed by atoms with Gasteiger partial charge >= 0.3 is 0 Å². The number of nitrogens with zero attached hydrogens (tertiary/aromatic N) is 5. The first-order chi connectivity index (χ1) is 11.8. The minimum Gasteiger partial charge on any atom is -0.394 e. The number of hydrogen-bond acceptors (Lipinski definition) is 5. The van der Waals surface area contributed by atoms with Crippen LogP contribution in [0.25, 0.3) is 5.82 Å². The van der Waals surface area contributed by atoms with E-state index in [2.05, 4.69) is 15.0 Å². The van der Waals surface area contributed by atoms with Gasteiger partial charge in [-0.05, 0) is 37.6 Å². The normalized spacial score (nSPS) is 24.1. The highest BCUT2D eigenvalue weighted by Crippen LogP contribution is 2.26. The maximum absolute atomic E-state index is 13.0. The van der Waals surface area contributed by atoms with Gasteiger partial charge < -0.3 is 10.0 Å². The van der Waals surface area contributed by atoms with Crippen LogP contribution < -0.4 is 0 Å². The van der Waals surface area contributed by atoms with E-state index in [1.807, 2.05) is 11.0 Å². The number of pyridine rings is 1. The van der Waals surface area contributed by atoms with Crippen LogP contribution in [0.15, 0.2) is 36.8 Å². The van der Waals surface area contributed by atoms with Crippen LogP contribution in [0, 0.1) is 0 Å². The van der Waals surface area contributed by atoms with Crippen molar-refractivity contribution in [2.24, 2.45) is 0 Å². The van der Waals surface area contributed by atoms with Crippen LogP contribution in [-0.2, 0) is 0 Å². The van der Waals surface area contributed by atoms with Crippen LogP contribution in [0.1, 0.15) is 23.2 Å². The van der Waals surface area contributed by atoms with Crippen molar-refractivity contribution in [1.82, 2.24) is 24.6 Å². The molecule has 2 aromatic heterocycles. The zero-order chi connectivity index (χ0) is 16.5. The number of aliphatic hydroxyl groups is 1. The molecule has 2 saturated heterocycles. The van der Waals surface area contributed by atoms with Crippen LogP contribution in [0.4, 0.5) is 0 Å². The van der Waals surface area contributed by atoms with E-state index in [1.54, 1.807) is 35.4 Å². The van der Waals surface area contributed by atoms with Crippen molar-refractivity contribution < 1.29 is 9.90 Å². The molecule has 2 aromatic rings. The predicted octanol–water partition coefficient (Wildman–Crippen LogP) is 0.548. The van der Waals surface area contributed by atoms with E-state index >= 15 is 0 Å². The average Bonchev–Trinajstić information content (AvgIpc) is 3.31. The number of aromatic nitrogens is 3. The molecule has 4 rings (SSSR count). The second-order valence-corrected chi connectivity index (χ2v) is 6.44. The molecule has 2 atom stereocenters. The van der Waals surface area contributed by atoms with Gasteiger partial charge in [0.05, 0.1) is 12.6 Å². The highest BCUT2D eigenvalue weighted by atomic mass is 16.3. The fourth-order valence-corrected chi connectivity index (χ4v) is 3.74. The lowest BCUT2D eigenvalue weighted by atomic mass is 10.1. The van der Waals surface area contributed by atoms with E-state index in [9.17, 15) is 9.90 Å². The van der Waals surface area contributed by atoms with Crippen molar-refractivity contribution >= 4 is 5.91 Å². The van der Waals surface area contributed by atoms with Gasteiger partial charge in [0.25, 0.3) is 5.91 Å². The molecule has 0 aromatic carbocycles. The fourth-order valence-electron chi connectivity index (χ4n) is 3.74. The quantitative estimate of drug-likeness (QED) is 0.891. The Morgan fingerprint density at radius 1 is 1.33 bits per heavy atom. The standard InChI is InChI=1S/C17H21N5O2/c23-12-15-10-20-7-1-3-14(20)11-21(15)17(24)13-4-6-18-16(9-13)22-8-2-5-19-22/h2,4-6,8-9,14-15,23H,1,3,7,10-12H2/t14-,15+/m0/s1. The summed E-state index contributed by atoms with van der Waals surface area (Å²) in [6.45, 7) is 2.50. The van der Waals surface area contributed by atoms with Gasteiger partial charge in [-0.2, -0.15) is 5.10 Å². The number of rotatable bonds is 3. The Morgan fingerprint density at radius 3 is 3.04 bits per heavy atom. The Kier molecular flexibility index (Phi) is 4.03. The van der Waals surface area contributed by atoms with E-state index in [0.29, 0.717) is 24.0 Å². The maximum atomic E-state index is 13.0. The van der Waals surface area contributed by atoms with Crippen LogP contribution in [0.3, 0.4) is 0 Å². The summed E-state index contributed by atoms with van der Waals surface area (Å²) in [6, 6.07) is 5.57. The van der Waals surface area contributed by atoms with Gasteiger partial charge in [0.15, 0.2) is 5.82 Å². The first kappa shape index (κ1) is 15.3. The molecular formula is C17H21N5O2. The van der Waals surface area contributed by atoms with Crippen LogP contribution in [-0.4, -0.2) is 73.9 Å². The average molecular weight is 327 g/mol. The summed E-state index contributed by atoms with van der Waals surface area (Å²) < 4.78 is 1.63. The summed E-state index contributed by atoms with van der Waals surface area (Å²) in [5.41, 5.74) is 0.584. The predicted molar refractivity (Wildman–Crippen MR) is 87.9 cm³/mol. The van der Waals surface area contributed by atoms with Gasteiger partial charge in [0.1, 0.15) is 0 Å². The maximum Gasteiger partial charge on any atom is 0.254 e. The Bertz CT molecular complexity index is 718. The number of carbonyl (C=O) groups is 1. The zero-order valence-corrected chi connectivity index (χ0v) is 13.5. The summed E-state index contributed by atoms with van der Waals surface area (Å²) in [5.74, 6) is 0.572. The monoisotopic (exact) mass is 327 g/mol. The summed E-state index contributed by atoms with van der Waals surface area (Å²) in [6.07, 6.45) is 7.39. The van der Waals surface area contributed by atoms with Gasteiger partial charge in [0.2, 0.25) is 0 Å². The molecule has 0 bridgehead atoms. The van der Waals surface area contributed by atoms with E-state index in [1.165, 1.54) is 6.42 Å². The molecule has 4 heterocycles. The van der Waals surface area contributed by atoms with E-state index in [0.717, 1.165) is 19.5 Å². The van der Waals surface area contributed by atoms with Gasteiger partial charge in [-0.1, -0.05) is 0 Å². The molecule has 0 unspecified atom stereocenters. The molecule has 2 aliphatic heterocycles. The summed E-state index contributed by atoms with van der Waals surface area (Å²) >= 11 is 0. The number of hydrogen-bond donors (Lipinski definition) is 1. The highest BCUT2D eigenvalue weighted by molar-refractivity contribution is 5.94. The Balaban J connectivity index is 1.59.